The third-order valence-electron chi connectivity index (χ3n) is 8.29. The number of carbonyl (C=O) groups is 1. The molecule has 1 saturated carbocycles. The first-order chi connectivity index (χ1) is 17.9. The maximum absolute atomic E-state index is 14.3. The summed E-state index contributed by atoms with van der Waals surface area (Å²) in [5.41, 5.74) is 2.14. The molecular formula is C29H32ClFN2O4. The fraction of sp³-hybridized carbons (Fsp3) is 0.448. The molecule has 1 aromatic heterocycles. The zero-order valence-electron chi connectivity index (χ0n) is 20.8. The number of carboxylic acids is 1. The summed E-state index contributed by atoms with van der Waals surface area (Å²) < 4.78 is 19.6. The third-order valence-corrected chi connectivity index (χ3v) is 8.62. The molecule has 196 valence electrons. The highest BCUT2D eigenvalue weighted by molar-refractivity contribution is 6.31. The Labute approximate surface area is 221 Å². The molecule has 5 rings (SSSR count). The van der Waals surface area contributed by atoms with E-state index in [2.05, 4.69) is 9.88 Å². The zero-order valence-corrected chi connectivity index (χ0v) is 21.6. The van der Waals surface area contributed by atoms with Gasteiger partial charge in [-0.2, -0.15) is 0 Å². The fourth-order valence-electron chi connectivity index (χ4n) is 6.10. The van der Waals surface area contributed by atoms with Crippen molar-refractivity contribution in [3.8, 4) is 5.75 Å². The molecule has 6 nitrogen and oxygen atoms in total. The van der Waals surface area contributed by atoms with Crippen LogP contribution in [0.5, 0.6) is 5.75 Å². The van der Waals surface area contributed by atoms with Crippen molar-refractivity contribution in [3.05, 3.63) is 70.6 Å². The number of nitrogens with zero attached hydrogens (tertiary/aromatic N) is 2. The second-order valence-electron chi connectivity index (χ2n) is 10.3. The van der Waals surface area contributed by atoms with E-state index in [4.69, 9.17) is 16.3 Å². The van der Waals surface area contributed by atoms with Crippen LogP contribution in [0.3, 0.4) is 0 Å². The second kappa shape index (κ2) is 10.9. The Hall–Kier alpha value is -2.74. The molecule has 1 aliphatic heterocycles. The van der Waals surface area contributed by atoms with Gasteiger partial charge in [0.25, 0.3) is 0 Å². The Morgan fingerprint density at radius 3 is 2.81 bits per heavy atom. The minimum Gasteiger partial charge on any atom is -0.497 e. The number of piperidine rings is 1. The van der Waals surface area contributed by atoms with E-state index in [1.54, 1.807) is 25.4 Å². The van der Waals surface area contributed by atoms with Crippen molar-refractivity contribution in [2.24, 2.45) is 11.8 Å². The fourth-order valence-corrected chi connectivity index (χ4v) is 6.41. The highest BCUT2D eigenvalue weighted by Gasteiger charge is 2.42. The first kappa shape index (κ1) is 25.9. The van der Waals surface area contributed by atoms with E-state index in [-0.39, 0.29) is 23.7 Å². The highest BCUT2D eigenvalue weighted by atomic mass is 35.5. The van der Waals surface area contributed by atoms with Crippen molar-refractivity contribution in [1.82, 2.24) is 9.88 Å². The number of fused-ring (bicyclic) bond motifs is 1. The number of methoxy groups -OCH3 is 1. The number of aromatic nitrogens is 1. The molecule has 3 atom stereocenters. The molecule has 0 bridgehead atoms. The van der Waals surface area contributed by atoms with E-state index >= 15 is 0 Å². The van der Waals surface area contributed by atoms with Gasteiger partial charge in [0, 0.05) is 34.8 Å². The number of aliphatic hydroxyl groups is 1. The molecule has 0 spiro atoms. The maximum atomic E-state index is 14.3. The number of hydrogen-bond acceptors (Lipinski definition) is 5. The molecule has 8 heteroatoms. The second-order valence-corrected chi connectivity index (χ2v) is 10.7. The molecule has 3 aromatic rings. The lowest BCUT2D eigenvalue weighted by Crippen LogP contribution is -2.52. The van der Waals surface area contributed by atoms with Crippen LogP contribution in [0.2, 0.25) is 5.02 Å². The standard InChI is InChI=1S/C29H32ClFN2O4/c1-37-20-6-7-26-22(15-20)21(9-11-32-26)27(34)8-5-17-10-12-33(16-23(17)29(35)36)19-13-18(14-19)28-24(30)3-2-4-25(28)31/h2-4,6-7,9,11,15,17-19,23,27,34H,5,8,10,12-14,16H2,1H3,(H,35,36)/t17-,18?,19?,23+,27+/m1/s1. The van der Waals surface area contributed by atoms with Gasteiger partial charge < -0.3 is 14.9 Å². The van der Waals surface area contributed by atoms with Gasteiger partial charge in [0.05, 0.1) is 24.6 Å². The molecule has 2 N–H and O–H groups in total. The van der Waals surface area contributed by atoms with Gasteiger partial charge in [0.15, 0.2) is 0 Å². The molecule has 37 heavy (non-hydrogen) atoms. The summed E-state index contributed by atoms with van der Waals surface area (Å²) in [6, 6.07) is 12.4. The molecule has 2 heterocycles. The van der Waals surface area contributed by atoms with Gasteiger partial charge >= 0.3 is 5.97 Å². The van der Waals surface area contributed by atoms with Gasteiger partial charge in [-0.15, -0.1) is 0 Å². The number of carboxylic acid groups (broad SMARTS) is 1. The number of likely N-dealkylation sites (tertiary alicyclic amines) is 1. The van der Waals surface area contributed by atoms with Crippen LogP contribution in [0.25, 0.3) is 10.9 Å². The van der Waals surface area contributed by atoms with Gasteiger partial charge in [-0.1, -0.05) is 17.7 Å². The van der Waals surface area contributed by atoms with Crippen LogP contribution in [0.1, 0.15) is 55.3 Å². The largest absolute Gasteiger partial charge is 0.497 e. The lowest BCUT2D eigenvalue weighted by atomic mass is 9.73. The number of pyridine rings is 1. The number of ether oxygens (including phenoxy) is 1. The van der Waals surface area contributed by atoms with Crippen LogP contribution in [0, 0.1) is 17.7 Å². The van der Waals surface area contributed by atoms with Crippen molar-refractivity contribution in [3.63, 3.8) is 0 Å². The maximum Gasteiger partial charge on any atom is 0.308 e. The molecule has 0 unspecified atom stereocenters. The molecule has 2 aliphatic rings. The Balaban J connectivity index is 1.20. The van der Waals surface area contributed by atoms with Crippen LogP contribution in [0.4, 0.5) is 4.39 Å². The van der Waals surface area contributed by atoms with Crippen molar-refractivity contribution in [2.75, 3.05) is 20.2 Å². The Morgan fingerprint density at radius 1 is 1.27 bits per heavy atom. The number of rotatable bonds is 8. The van der Waals surface area contributed by atoms with Crippen molar-refractivity contribution in [2.45, 2.75) is 50.2 Å². The van der Waals surface area contributed by atoms with Gasteiger partial charge in [-0.05, 0) is 92.4 Å². The van der Waals surface area contributed by atoms with E-state index < -0.39 is 18.0 Å². The molecular weight excluding hydrogens is 495 g/mol. The monoisotopic (exact) mass is 526 g/mol. The molecule has 1 aliphatic carbocycles. The topological polar surface area (TPSA) is 82.9 Å². The lowest BCUT2D eigenvalue weighted by Gasteiger charge is -2.47. The van der Waals surface area contributed by atoms with E-state index in [0.717, 1.165) is 42.3 Å². The summed E-state index contributed by atoms with van der Waals surface area (Å²) in [6.45, 7) is 1.29. The summed E-state index contributed by atoms with van der Waals surface area (Å²) in [5, 5.41) is 22.3. The number of halogens is 2. The highest BCUT2D eigenvalue weighted by Crippen LogP contribution is 2.45. The molecule has 0 radical (unpaired) electrons. The van der Waals surface area contributed by atoms with Crippen LogP contribution in [-0.2, 0) is 4.79 Å². The quantitative estimate of drug-likeness (QED) is 0.385. The first-order valence-corrected chi connectivity index (χ1v) is 13.2. The molecule has 0 amide bonds. The summed E-state index contributed by atoms with van der Waals surface area (Å²) in [6.07, 6.45) is 4.40. The number of benzene rings is 2. The smallest absolute Gasteiger partial charge is 0.308 e. The van der Waals surface area contributed by atoms with Gasteiger partial charge in [-0.3, -0.25) is 14.7 Å². The van der Waals surface area contributed by atoms with Crippen molar-refractivity contribution < 1.29 is 24.1 Å². The normalized spacial score (nSPS) is 25.0. The van der Waals surface area contributed by atoms with E-state index in [0.29, 0.717) is 35.7 Å². The summed E-state index contributed by atoms with van der Waals surface area (Å²) in [5.74, 6) is -0.797. The van der Waals surface area contributed by atoms with E-state index in [1.807, 2.05) is 24.3 Å². The molecule has 2 fully saturated rings. The predicted molar refractivity (Wildman–Crippen MR) is 140 cm³/mol. The SMILES string of the molecule is COc1ccc2nccc([C@@H](O)CC[C@@H]3CCN(C4CC(c5c(F)cccc5Cl)C4)C[C@@H]3C(=O)O)c2c1. The van der Waals surface area contributed by atoms with Crippen LogP contribution in [-0.4, -0.2) is 52.3 Å². The molecule has 1 saturated heterocycles. The lowest BCUT2D eigenvalue weighted by molar-refractivity contribution is -0.147. The summed E-state index contributed by atoms with van der Waals surface area (Å²) in [7, 11) is 1.60. The van der Waals surface area contributed by atoms with Crippen LogP contribution in [0.15, 0.2) is 48.7 Å². The summed E-state index contributed by atoms with van der Waals surface area (Å²) >= 11 is 6.24. The Morgan fingerprint density at radius 2 is 2.08 bits per heavy atom. The van der Waals surface area contributed by atoms with Crippen molar-refractivity contribution >= 4 is 28.5 Å². The van der Waals surface area contributed by atoms with Gasteiger partial charge in [0.1, 0.15) is 11.6 Å². The van der Waals surface area contributed by atoms with Gasteiger partial charge in [-0.25, -0.2) is 4.39 Å². The Kier molecular flexibility index (Phi) is 7.65. The van der Waals surface area contributed by atoms with E-state index in [1.165, 1.54) is 6.07 Å². The minimum absolute atomic E-state index is 0.0112. The van der Waals surface area contributed by atoms with Crippen LogP contribution < -0.4 is 4.74 Å². The zero-order chi connectivity index (χ0) is 26.1. The summed E-state index contributed by atoms with van der Waals surface area (Å²) in [4.78, 5) is 18.8. The average Bonchev–Trinajstić information content (AvgIpc) is 2.87. The van der Waals surface area contributed by atoms with E-state index in [9.17, 15) is 19.4 Å². The van der Waals surface area contributed by atoms with Crippen LogP contribution >= 0.6 is 11.6 Å². The minimum atomic E-state index is -0.795. The first-order valence-electron chi connectivity index (χ1n) is 12.9. The number of hydrogen-bond donors (Lipinski definition) is 2. The van der Waals surface area contributed by atoms with Crippen molar-refractivity contribution in [1.29, 1.82) is 0 Å². The predicted octanol–water partition coefficient (Wildman–Crippen LogP) is 5.82. The Bertz CT molecular complexity index is 1260. The average molecular weight is 527 g/mol. The van der Waals surface area contributed by atoms with Gasteiger partial charge in [0.2, 0.25) is 0 Å². The number of aliphatic carboxylic acids is 1. The third kappa shape index (κ3) is 5.31. The molecule has 2 aromatic carbocycles. The number of aliphatic hydroxyl groups excluding tert-OH is 1.